The largest absolute Gasteiger partial charge is 0.435 e. The van der Waals surface area contributed by atoms with Crippen LogP contribution in [-0.4, -0.2) is 24.4 Å². The van der Waals surface area contributed by atoms with Crippen LogP contribution in [0.5, 0.6) is 0 Å². The van der Waals surface area contributed by atoms with Crippen molar-refractivity contribution in [2.24, 2.45) is 11.8 Å². The van der Waals surface area contributed by atoms with E-state index in [0.717, 1.165) is 51.4 Å². The maximum absolute atomic E-state index is 12.8. The van der Waals surface area contributed by atoms with Crippen molar-refractivity contribution in [1.29, 1.82) is 0 Å². The van der Waals surface area contributed by atoms with Gasteiger partial charge in [-0.3, -0.25) is 14.3 Å². The first-order valence-corrected chi connectivity index (χ1v) is 9.95. The Labute approximate surface area is 155 Å². The summed E-state index contributed by atoms with van der Waals surface area (Å²) in [7, 11) is 0. The van der Waals surface area contributed by atoms with E-state index in [9.17, 15) is 19.7 Å². The minimum atomic E-state index is -0.662. The number of imidazole rings is 1. The van der Waals surface area contributed by atoms with Gasteiger partial charge in [0.25, 0.3) is 11.2 Å². The lowest BCUT2D eigenvalue weighted by molar-refractivity contribution is -0.393. The summed E-state index contributed by atoms with van der Waals surface area (Å²) in [5.41, 5.74) is -1.03. The Morgan fingerprint density at radius 1 is 0.963 bits per heavy atom. The van der Waals surface area contributed by atoms with Gasteiger partial charge in [0.15, 0.2) is 0 Å². The second kappa shape index (κ2) is 7.28. The highest BCUT2D eigenvalue weighted by Crippen LogP contribution is 2.43. The van der Waals surface area contributed by atoms with Crippen molar-refractivity contribution < 1.29 is 4.92 Å². The zero-order chi connectivity index (χ0) is 19.0. The minimum absolute atomic E-state index is 0.0120. The topological polar surface area (TPSA) is 127 Å². The normalized spacial score (nSPS) is 19.7. The van der Waals surface area contributed by atoms with Crippen molar-refractivity contribution in [2.75, 3.05) is 0 Å². The fraction of sp³-hybridized carbons (Fsp3) is 0.722. The van der Waals surface area contributed by atoms with Crippen molar-refractivity contribution in [2.45, 2.75) is 70.3 Å². The van der Waals surface area contributed by atoms with E-state index in [1.54, 1.807) is 4.57 Å². The lowest BCUT2D eigenvalue weighted by atomic mass is 9.73. The smallest absolute Gasteiger partial charge is 0.390 e. The zero-order valence-electron chi connectivity index (χ0n) is 15.3. The van der Waals surface area contributed by atoms with Gasteiger partial charge in [-0.2, -0.15) is 0 Å². The third-order valence-electron chi connectivity index (χ3n) is 6.30. The molecule has 2 aliphatic carbocycles. The van der Waals surface area contributed by atoms with Crippen molar-refractivity contribution in [3.8, 4) is 0 Å². The number of nitro groups is 1. The van der Waals surface area contributed by atoms with E-state index in [-0.39, 0.29) is 17.2 Å². The maximum atomic E-state index is 12.8. The molecule has 2 aromatic rings. The van der Waals surface area contributed by atoms with E-state index in [0.29, 0.717) is 11.8 Å². The third kappa shape index (κ3) is 3.30. The van der Waals surface area contributed by atoms with Crippen molar-refractivity contribution >= 4 is 17.1 Å². The van der Waals surface area contributed by atoms with Crippen LogP contribution in [0.4, 0.5) is 5.95 Å². The number of hydrogen-bond donors (Lipinski definition) is 2. The summed E-state index contributed by atoms with van der Waals surface area (Å²) in [6, 6.07) is -0.0691. The molecule has 0 aliphatic heterocycles. The first-order valence-electron chi connectivity index (χ1n) is 9.95. The lowest BCUT2D eigenvalue weighted by Crippen LogP contribution is -2.40. The zero-order valence-corrected chi connectivity index (χ0v) is 15.3. The van der Waals surface area contributed by atoms with Crippen molar-refractivity contribution in [3.05, 3.63) is 31.0 Å². The first kappa shape index (κ1) is 17.9. The molecule has 146 valence electrons. The molecule has 2 heterocycles. The van der Waals surface area contributed by atoms with Gasteiger partial charge in [-0.1, -0.05) is 38.5 Å². The summed E-state index contributed by atoms with van der Waals surface area (Å²) >= 11 is 0. The first-order chi connectivity index (χ1) is 13.1. The predicted octanol–water partition coefficient (Wildman–Crippen LogP) is 3.02. The van der Waals surface area contributed by atoms with E-state index < -0.39 is 22.1 Å². The van der Waals surface area contributed by atoms with Gasteiger partial charge >= 0.3 is 11.6 Å². The molecule has 0 aromatic carbocycles. The molecule has 2 aromatic heterocycles. The summed E-state index contributed by atoms with van der Waals surface area (Å²) < 4.78 is 1.56. The van der Waals surface area contributed by atoms with Gasteiger partial charge in [-0.05, 0) is 47.4 Å². The SMILES string of the molecule is O=c1[nH]c(=O)n(C(C2CCCCC2)C2CCCCC2)c2nc([N+](=O)[O-])[nH]c12. The molecule has 2 saturated carbocycles. The molecule has 2 aliphatic rings. The van der Waals surface area contributed by atoms with Crippen LogP contribution in [0, 0.1) is 22.0 Å². The molecule has 2 N–H and O–H groups in total. The number of aromatic amines is 2. The number of aromatic nitrogens is 4. The predicted molar refractivity (Wildman–Crippen MR) is 99.8 cm³/mol. The van der Waals surface area contributed by atoms with Gasteiger partial charge in [0.05, 0.1) is 0 Å². The Balaban J connectivity index is 1.90. The molecular formula is C18H25N5O4. The van der Waals surface area contributed by atoms with Crippen molar-refractivity contribution in [3.63, 3.8) is 0 Å². The van der Waals surface area contributed by atoms with E-state index >= 15 is 0 Å². The molecule has 0 unspecified atom stereocenters. The van der Waals surface area contributed by atoms with Gasteiger partial charge in [0.2, 0.25) is 5.52 Å². The van der Waals surface area contributed by atoms with E-state index in [1.807, 2.05) is 0 Å². The Morgan fingerprint density at radius 2 is 1.52 bits per heavy atom. The van der Waals surface area contributed by atoms with Crippen LogP contribution in [0.2, 0.25) is 0 Å². The van der Waals surface area contributed by atoms with E-state index in [2.05, 4.69) is 15.0 Å². The second-order valence-electron chi connectivity index (χ2n) is 7.93. The van der Waals surface area contributed by atoms with Crippen LogP contribution in [-0.2, 0) is 0 Å². The van der Waals surface area contributed by atoms with Gasteiger partial charge in [0.1, 0.15) is 0 Å². The Hall–Kier alpha value is -2.45. The quantitative estimate of drug-likeness (QED) is 0.627. The monoisotopic (exact) mass is 375 g/mol. The standard InChI is InChI=1S/C18H25N5O4/c24-16-13-15(20-17(19-13)23(26)27)22(18(25)21-16)14(11-7-3-1-4-8-11)12-9-5-2-6-10-12/h11-12,14H,1-10H2,(H,19,20)(H,21,24,25). The highest BCUT2D eigenvalue weighted by atomic mass is 16.6. The number of H-pyrrole nitrogens is 2. The van der Waals surface area contributed by atoms with Gasteiger partial charge in [-0.25, -0.2) is 9.78 Å². The molecule has 0 spiro atoms. The highest BCUT2D eigenvalue weighted by molar-refractivity contribution is 5.71. The summed E-state index contributed by atoms with van der Waals surface area (Å²) in [5.74, 6) is 0.176. The molecule has 27 heavy (non-hydrogen) atoms. The number of rotatable bonds is 4. The average molecular weight is 375 g/mol. The summed E-state index contributed by atoms with van der Waals surface area (Å²) in [6.45, 7) is 0. The number of nitrogens with one attached hydrogen (secondary N) is 2. The van der Waals surface area contributed by atoms with Crippen molar-refractivity contribution in [1.82, 2.24) is 19.5 Å². The van der Waals surface area contributed by atoms with E-state index in [4.69, 9.17) is 0 Å². The minimum Gasteiger partial charge on any atom is -0.390 e. The molecule has 4 rings (SSSR count). The molecule has 0 atom stereocenters. The lowest BCUT2D eigenvalue weighted by Gasteiger charge is -2.38. The molecule has 2 fully saturated rings. The molecule has 9 heteroatoms. The van der Waals surface area contributed by atoms with Crippen LogP contribution in [0.3, 0.4) is 0 Å². The van der Waals surface area contributed by atoms with E-state index in [1.165, 1.54) is 12.8 Å². The Kier molecular flexibility index (Phi) is 4.84. The number of hydrogen-bond acceptors (Lipinski definition) is 5. The molecule has 0 bridgehead atoms. The molecule has 0 amide bonds. The molecule has 0 saturated heterocycles. The average Bonchev–Trinajstić information content (AvgIpc) is 3.12. The second-order valence-corrected chi connectivity index (χ2v) is 7.93. The fourth-order valence-corrected chi connectivity index (χ4v) is 5.12. The summed E-state index contributed by atoms with van der Waals surface area (Å²) in [4.78, 5) is 44.4. The fourth-order valence-electron chi connectivity index (χ4n) is 5.12. The van der Waals surface area contributed by atoms with Crippen LogP contribution >= 0.6 is 0 Å². The summed E-state index contributed by atoms with van der Waals surface area (Å²) in [5, 5.41) is 11.2. The number of nitrogens with zero attached hydrogens (tertiary/aromatic N) is 3. The Morgan fingerprint density at radius 3 is 2.04 bits per heavy atom. The van der Waals surface area contributed by atoms with Gasteiger partial charge < -0.3 is 10.1 Å². The van der Waals surface area contributed by atoms with Gasteiger partial charge in [-0.15, -0.1) is 0 Å². The molecule has 0 radical (unpaired) electrons. The van der Waals surface area contributed by atoms with Crippen LogP contribution in [0.25, 0.3) is 11.2 Å². The van der Waals surface area contributed by atoms with Crippen LogP contribution < -0.4 is 11.2 Å². The van der Waals surface area contributed by atoms with Gasteiger partial charge in [0, 0.05) is 6.04 Å². The molecular weight excluding hydrogens is 350 g/mol. The van der Waals surface area contributed by atoms with Crippen LogP contribution in [0.1, 0.15) is 70.3 Å². The number of fused-ring (bicyclic) bond motifs is 1. The third-order valence-corrected chi connectivity index (χ3v) is 6.30. The summed E-state index contributed by atoms with van der Waals surface area (Å²) in [6.07, 6.45) is 11.1. The Bertz CT molecular complexity index is 929. The van der Waals surface area contributed by atoms with Crippen LogP contribution in [0.15, 0.2) is 9.59 Å². The highest BCUT2D eigenvalue weighted by Gasteiger charge is 2.36. The maximum Gasteiger partial charge on any atom is 0.435 e. The molecule has 9 nitrogen and oxygen atoms in total.